The van der Waals surface area contributed by atoms with Crippen LogP contribution in [-0.2, 0) is 4.74 Å². The first kappa shape index (κ1) is 19.8. The van der Waals surface area contributed by atoms with Gasteiger partial charge in [0.25, 0.3) is 0 Å². The molecule has 5 nitrogen and oxygen atoms in total. The summed E-state index contributed by atoms with van der Waals surface area (Å²) in [6, 6.07) is 2.31. The van der Waals surface area contributed by atoms with E-state index < -0.39 is 5.60 Å². The number of carbonyl (C=O) groups excluding carboxylic acids is 1. The van der Waals surface area contributed by atoms with E-state index in [2.05, 4.69) is 38.6 Å². The van der Waals surface area contributed by atoms with Crippen LogP contribution in [0.1, 0.15) is 52.6 Å². The minimum absolute atomic E-state index is 0.228. The average Bonchev–Trinajstić information content (AvgIpc) is 3.13. The second-order valence-corrected chi connectivity index (χ2v) is 7.92. The molecular formula is C19H28BrN3O2. The van der Waals surface area contributed by atoms with Gasteiger partial charge in [0.2, 0.25) is 0 Å². The number of aryl methyl sites for hydroxylation is 1. The number of pyridine rings is 1. The van der Waals surface area contributed by atoms with Gasteiger partial charge in [-0.15, -0.1) is 0 Å². The molecule has 6 heteroatoms. The number of aromatic nitrogens is 2. The van der Waals surface area contributed by atoms with Gasteiger partial charge in [-0.05, 0) is 61.7 Å². The van der Waals surface area contributed by atoms with Gasteiger partial charge in [-0.1, -0.05) is 13.8 Å². The molecule has 2 aromatic rings. The summed E-state index contributed by atoms with van der Waals surface area (Å²) < 4.78 is 8.56. The van der Waals surface area contributed by atoms with Crippen molar-refractivity contribution in [2.45, 2.75) is 59.6 Å². The summed E-state index contributed by atoms with van der Waals surface area (Å²) in [4.78, 5) is 18.4. The monoisotopic (exact) mass is 409 g/mol. The van der Waals surface area contributed by atoms with Crippen LogP contribution in [0.2, 0.25) is 0 Å². The molecule has 2 aromatic heterocycles. The Morgan fingerprint density at radius 3 is 2.68 bits per heavy atom. The standard InChI is InChI=1S/C17H22BrN3O2.C2H6/c1-11-9-21(14-8-19-15(18)7-13(11)14)12-5-6-20(10-12)16(22)23-17(2,3)4;1-2/h7-9,12H,5-6,10H2,1-4H3;1-2H3. The van der Waals surface area contributed by atoms with Crippen molar-refractivity contribution in [2.24, 2.45) is 0 Å². The van der Waals surface area contributed by atoms with E-state index >= 15 is 0 Å². The van der Waals surface area contributed by atoms with Gasteiger partial charge < -0.3 is 14.2 Å². The Labute approximate surface area is 158 Å². The largest absolute Gasteiger partial charge is 0.444 e. The van der Waals surface area contributed by atoms with Crippen LogP contribution in [0.4, 0.5) is 4.79 Å². The van der Waals surface area contributed by atoms with Crippen LogP contribution in [0.25, 0.3) is 10.9 Å². The van der Waals surface area contributed by atoms with Crippen LogP contribution in [0.3, 0.4) is 0 Å². The summed E-state index contributed by atoms with van der Waals surface area (Å²) in [5.74, 6) is 0. The molecule has 0 saturated carbocycles. The lowest BCUT2D eigenvalue weighted by molar-refractivity contribution is 0.0289. The summed E-state index contributed by atoms with van der Waals surface area (Å²) in [5.41, 5.74) is 1.88. The SMILES string of the molecule is CC.Cc1cn(C2CCN(C(=O)OC(C)(C)C)C2)c2cnc(Br)cc12. The van der Waals surface area contributed by atoms with Crippen molar-refractivity contribution < 1.29 is 9.53 Å². The van der Waals surface area contributed by atoms with Gasteiger partial charge >= 0.3 is 6.09 Å². The highest BCUT2D eigenvalue weighted by molar-refractivity contribution is 9.10. The van der Waals surface area contributed by atoms with Gasteiger partial charge in [0.1, 0.15) is 10.2 Å². The lowest BCUT2D eigenvalue weighted by atomic mass is 10.2. The molecule has 0 aliphatic carbocycles. The maximum Gasteiger partial charge on any atom is 0.410 e. The molecule has 138 valence electrons. The zero-order valence-electron chi connectivity index (χ0n) is 16.0. The number of nitrogens with zero attached hydrogens (tertiary/aromatic N) is 3. The van der Waals surface area contributed by atoms with Gasteiger partial charge in [-0.25, -0.2) is 9.78 Å². The predicted octanol–water partition coefficient (Wildman–Crippen LogP) is 5.32. The van der Waals surface area contributed by atoms with Gasteiger partial charge in [-0.3, -0.25) is 0 Å². The fraction of sp³-hybridized carbons (Fsp3) is 0.579. The molecule has 1 aliphatic heterocycles. The van der Waals surface area contributed by atoms with E-state index in [1.54, 1.807) is 4.90 Å². The van der Waals surface area contributed by atoms with Crippen LogP contribution in [0.15, 0.2) is 23.1 Å². The quantitative estimate of drug-likeness (QED) is 0.599. The number of likely N-dealkylation sites (tertiary alicyclic amines) is 1. The number of hydrogen-bond acceptors (Lipinski definition) is 3. The van der Waals surface area contributed by atoms with E-state index in [1.807, 2.05) is 46.9 Å². The zero-order chi connectivity index (χ0) is 18.8. The summed E-state index contributed by atoms with van der Waals surface area (Å²) >= 11 is 3.43. The normalized spacial score (nSPS) is 17.4. The van der Waals surface area contributed by atoms with E-state index in [0.29, 0.717) is 6.54 Å². The third kappa shape index (κ3) is 4.54. The Bertz CT molecular complexity index is 749. The minimum atomic E-state index is -0.456. The number of halogens is 1. The third-order valence-corrected chi connectivity index (χ3v) is 4.53. The highest BCUT2D eigenvalue weighted by atomic mass is 79.9. The van der Waals surface area contributed by atoms with Gasteiger partial charge in [-0.2, -0.15) is 0 Å². The molecule has 3 heterocycles. The minimum Gasteiger partial charge on any atom is -0.444 e. The van der Waals surface area contributed by atoms with Gasteiger partial charge in [0, 0.05) is 24.7 Å². The maximum absolute atomic E-state index is 12.2. The third-order valence-electron chi connectivity index (χ3n) is 4.09. The average molecular weight is 410 g/mol. The van der Waals surface area contributed by atoms with Crippen LogP contribution >= 0.6 is 15.9 Å². The van der Waals surface area contributed by atoms with E-state index in [-0.39, 0.29) is 12.1 Å². The van der Waals surface area contributed by atoms with E-state index in [4.69, 9.17) is 4.74 Å². The maximum atomic E-state index is 12.2. The Hall–Kier alpha value is -1.56. The first-order valence-corrected chi connectivity index (χ1v) is 9.64. The second kappa shape index (κ2) is 7.77. The molecule has 1 saturated heterocycles. The van der Waals surface area contributed by atoms with Crippen molar-refractivity contribution >= 4 is 32.9 Å². The molecule has 1 unspecified atom stereocenters. The molecule has 1 amide bonds. The fourth-order valence-electron chi connectivity index (χ4n) is 3.06. The summed E-state index contributed by atoms with van der Waals surface area (Å²) in [6.45, 7) is 13.2. The molecule has 1 fully saturated rings. The lowest BCUT2D eigenvalue weighted by Crippen LogP contribution is -2.35. The second-order valence-electron chi connectivity index (χ2n) is 7.11. The number of rotatable bonds is 1. The van der Waals surface area contributed by atoms with Crippen LogP contribution in [-0.4, -0.2) is 39.2 Å². The molecule has 25 heavy (non-hydrogen) atoms. The number of amides is 1. The number of fused-ring (bicyclic) bond motifs is 1. The Balaban J connectivity index is 0.00000109. The van der Waals surface area contributed by atoms with Crippen molar-refractivity contribution in [3.63, 3.8) is 0 Å². The molecule has 0 bridgehead atoms. The van der Waals surface area contributed by atoms with Gasteiger partial charge in [0.05, 0.1) is 17.8 Å². The Morgan fingerprint density at radius 1 is 1.36 bits per heavy atom. The van der Waals surface area contributed by atoms with Crippen molar-refractivity contribution in [2.75, 3.05) is 13.1 Å². The molecule has 0 radical (unpaired) electrons. The van der Waals surface area contributed by atoms with E-state index in [0.717, 1.165) is 23.1 Å². The summed E-state index contributed by atoms with van der Waals surface area (Å²) in [5, 5.41) is 1.20. The molecule has 0 aromatic carbocycles. The fourth-order valence-corrected chi connectivity index (χ4v) is 3.39. The zero-order valence-corrected chi connectivity index (χ0v) is 17.6. The first-order valence-electron chi connectivity index (χ1n) is 8.85. The predicted molar refractivity (Wildman–Crippen MR) is 105 cm³/mol. The molecule has 1 aliphatic rings. The van der Waals surface area contributed by atoms with E-state index in [1.165, 1.54) is 10.9 Å². The lowest BCUT2D eigenvalue weighted by Gasteiger charge is -2.24. The topological polar surface area (TPSA) is 47.4 Å². The molecule has 0 spiro atoms. The van der Waals surface area contributed by atoms with Crippen molar-refractivity contribution in [3.05, 3.63) is 28.6 Å². The highest BCUT2D eigenvalue weighted by Gasteiger charge is 2.31. The van der Waals surface area contributed by atoms with Gasteiger partial charge in [0.15, 0.2) is 0 Å². The number of hydrogen-bond donors (Lipinski definition) is 0. The van der Waals surface area contributed by atoms with Crippen LogP contribution in [0, 0.1) is 6.92 Å². The molecule has 0 N–H and O–H groups in total. The van der Waals surface area contributed by atoms with Crippen LogP contribution < -0.4 is 0 Å². The number of carbonyl (C=O) groups is 1. The van der Waals surface area contributed by atoms with Crippen LogP contribution in [0.5, 0.6) is 0 Å². The molecule has 3 rings (SSSR count). The summed E-state index contributed by atoms with van der Waals surface area (Å²) in [6.07, 6.45) is 4.75. The highest BCUT2D eigenvalue weighted by Crippen LogP contribution is 2.30. The Kier molecular flexibility index (Phi) is 6.14. The number of ether oxygens (including phenoxy) is 1. The van der Waals surface area contributed by atoms with Crippen molar-refractivity contribution in [1.29, 1.82) is 0 Å². The smallest absolute Gasteiger partial charge is 0.410 e. The van der Waals surface area contributed by atoms with E-state index in [9.17, 15) is 4.79 Å². The first-order chi connectivity index (χ1) is 11.7. The van der Waals surface area contributed by atoms with Crippen molar-refractivity contribution in [3.8, 4) is 0 Å². The van der Waals surface area contributed by atoms with Crippen molar-refractivity contribution in [1.82, 2.24) is 14.5 Å². The molecule has 1 atom stereocenters. The molecular weight excluding hydrogens is 382 g/mol. The summed E-state index contributed by atoms with van der Waals surface area (Å²) in [7, 11) is 0. The Morgan fingerprint density at radius 2 is 2.04 bits per heavy atom.